The van der Waals surface area contributed by atoms with Crippen LogP contribution in [0, 0.1) is 0 Å². The van der Waals surface area contributed by atoms with Crippen LogP contribution in [0.1, 0.15) is 15.9 Å². The summed E-state index contributed by atoms with van der Waals surface area (Å²) in [6.07, 6.45) is 7.07. The molecule has 0 aliphatic heterocycles. The molecule has 0 fully saturated rings. The quantitative estimate of drug-likeness (QED) is 0.589. The summed E-state index contributed by atoms with van der Waals surface area (Å²) >= 11 is 1.34. The summed E-state index contributed by atoms with van der Waals surface area (Å²) in [5.74, 6) is -0.495. The first kappa shape index (κ1) is 16.2. The maximum absolute atomic E-state index is 12.4. The lowest BCUT2D eigenvalue weighted by molar-refractivity contribution is 0.102. The molecule has 0 spiro atoms. The molecule has 7 nitrogen and oxygen atoms in total. The monoisotopic (exact) mass is 365 g/mol. The Hall–Kier alpha value is -3.26. The van der Waals surface area contributed by atoms with Gasteiger partial charge in [0, 0.05) is 30.5 Å². The van der Waals surface area contributed by atoms with E-state index in [9.17, 15) is 9.59 Å². The highest BCUT2D eigenvalue weighted by Crippen LogP contribution is 2.10. The van der Waals surface area contributed by atoms with Gasteiger partial charge in [-0.25, -0.2) is 4.98 Å². The third-order valence-electron chi connectivity index (χ3n) is 3.95. The Morgan fingerprint density at radius 2 is 2.04 bits per heavy atom. The number of benzene rings is 1. The van der Waals surface area contributed by atoms with E-state index in [4.69, 9.17) is 0 Å². The minimum Gasteiger partial charge on any atom is -0.319 e. The molecular weight excluding hydrogens is 350 g/mol. The number of aryl methyl sites for hydroxylation is 2. The normalized spacial score (nSPS) is 10.9. The van der Waals surface area contributed by atoms with Crippen molar-refractivity contribution in [1.29, 1.82) is 0 Å². The smallest absolute Gasteiger partial charge is 0.271 e. The van der Waals surface area contributed by atoms with Crippen LogP contribution in [0.15, 0.2) is 65.3 Å². The van der Waals surface area contributed by atoms with Gasteiger partial charge in [0.25, 0.3) is 11.5 Å². The van der Waals surface area contributed by atoms with Crippen molar-refractivity contribution in [1.82, 2.24) is 19.2 Å². The molecule has 130 valence electrons. The number of thiazole rings is 1. The number of carbonyl (C=O) groups is 1. The molecule has 1 N–H and O–H groups in total. The Labute approximate surface area is 152 Å². The van der Waals surface area contributed by atoms with Crippen LogP contribution >= 0.6 is 11.3 Å². The molecule has 1 aromatic carbocycles. The van der Waals surface area contributed by atoms with Crippen molar-refractivity contribution in [3.63, 3.8) is 0 Å². The number of amides is 1. The largest absolute Gasteiger partial charge is 0.319 e. The van der Waals surface area contributed by atoms with E-state index in [2.05, 4.69) is 27.5 Å². The van der Waals surface area contributed by atoms with E-state index in [1.165, 1.54) is 27.5 Å². The molecule has 1 amide bonds. The molecule has 4 rings (SSSR count). The average molecular weight is 365 g/mol. The fourth-order valence-electron chi connectivity index (χ4n) is 2.62. The highest BCUT2D eigenvalue weighted by atomic mass is 32.1. The van der Waals surface area contributed by atoms with Crippen molar-refractivity contribution in [2.24, 2.45) is 0 Å². The molecule has 4 aromatic rings. The van der Waals surface area contributed by atoms with Crippen molar-refractivity contribution < 1.29 is 4.79 Å². The molecule has 3 heterocycles. The summed E-state index contributed by atoms with van der Waals surface area (Å²) in [7, 11) is 0. The summed E-state index contributed by atoms with van der Waals surface area (Å²) in [6.45, 7) is 0.699. The Kier molecular flexibility index (Phi) is 4.32. The van der Waals surface area contributed by atoms with Gasteiger partial charge in [-0.1, -0.05) is 30.3 Å². The summed E-state index contributed by atoms with van der Waals surface area (Å²) in [6, 6.07) is 10.1. The Balaban J connectivity index is 1.45. The van der Waals surface area contributed by atoms with Gasteiger partial charge in [-0.3, -0.25) is 18.7 Å². The van der Waals surface area contributed by atoms with Gasteiger partial charge in [-0.15, -0.1) is 11.3 Å². The van der Waals surface area contributed by atoms with Crippen molar-refractivity contribution in [3.05, 3.63) is 82.0 Å². The minimum atomic E-state index is -0.495. The molecule has 0 bridgehead atoms. The van der Waals surface area contributed by atoms with E-state index >= 15 is 0 Å². The molecule has 0 saturated heterocycles. The lowest BCUT2D eigenvalue weighted by Gasteiger charge is -2.03. The van der Waals surface area contributed by atoms with Gasteiger partial charge in [-0.2, -0.15) is 5.10 Å². The van der Waals surface area contributed by atoms with Gasteiger partial charge in [0.15, 0.2) is 4.96 Å². The second-order valence-electron chi connectivity index (χ2n) is 5.71. The molecule has 0 unspecified atom stereocenters. The van der Waals surface area contributed by atoms with Crippen molar-refractivity contribution in [2.75, 3.05) is 5.32 Å². The Bertz CT molecular complexity index is 1110. The highest BCUT2D eigenvalue weighted by Gasteiger charge is 2.14. The molecule has 0 aliphatic carbocycles. The predicted molar refractivity (Wildman–Crippen MR) is 99.7 cm³/mol. The number of fused-ring (bicyclic) bond motifs is 1. The first-order valence-corrected chi connectivity index (χ1v) is 8.91. The second kappa shape index (κ2) is 6.93. The molecular formula is C18H15N5O2S. The van der Waals surface area contributed by atoms with Crippen molar-refractivity contribution in [3.8, 4) is 0 Å². The third-order valence-corrected chi connectivity index (χ3v) is 4.72. The first-order valence-electron chi connectivity index (χ1n) is 8.03. The second-order valence-corrected chi connectivity index (χ2v) is 6.59. The third kappa shape index (κ3) is 3.27. The first-order chi connectivity index (χ1) is 12.7. The van der Waals surface area contributed by atoms with Crippen molar-refractivity contribution in [2.45, 2.75) is 13.0 Å². The molecule has 0 radical (unpaired) electrons. The maximum Gasteiger partial charge on any atom is 0.271 e. The summed E-state index contributed by atoms with van der Waals surface area (Å²) in [5, 5.41) is 8.70. The summed E-state index contributed by atoms with van der Waals surface area (Å²) in [5.41, 5.74) is 1.37. The van der Waals surface area contributed by atoms with E-state index < -0.39 is 5.91 Å². The van der Waals surface area contributed by atoms with E-state index in [0.29, 0.717) is 17.2 Å². The Morgan fingerprint density at radius 3 is 2.88 bits per heavy atom. The SMILES string of the molecule is O=C(Nc1cnn(CCc2ccccc2)c1)c1cnc2sccn2c1=O. The van der Waals surface area contributed by atoms with Crippen molar-refractivity contribution >= 4 is 27.9 Å². The lowest BCUT2D eigenvalue weighted by atomic mass is 10.1. The standard InChI is InChI=1S/C18H15N5O2S/c24-16(15-11-19-18-23(17(15)25)8-9-26-18)21-14-10-20-22(12-14)7-6-13-4-2-1-3-5-13/h1-5,8-12H,6-7H2,(H,21,24). The van der Waals surface area contributed by atoms with E-state index in [1.807, 2.05) is 18.2 Å². The molecule has 26 heavy (non-hydrogen) atoms. The highest BCUT2D eigenvalue weighted by molar-refractivity contribution is 7.15. The number of nitrogens with one attached hydrogen (secondary N) is 1. The molecule has 0 atom stereocenters. The zero-order valence-electron chi connectivity index (χ0n) is 13.7. The lowest BCUT2D eigenvalue weighted by Crippen LogP contribution is -2.25. The zero-order valence-corrected chi connectivity index (χ0v) is 14.5. The van der Waals surface area contributed by atoms with Crippen LogP contribution in [0.2, 0.25) is 0 Å². The van der Waals surface area contributed by atoms with Gasteiger partial charge in [-0.05, 0) is 12.0 Å². The number of hydrogen-bond donors (Lipinski definition) is 1. The topological polar surface area (TPSA) is 81.3 Å². The number of anilines is 1. The average Bonchev–Trinajstić information content (AvgIpc) is 3.31. The summed E-state index contributed by atoms with van der Waals surface area (Å²) in [4.78, 5) is 29.4. The Morgan fingerprint density at radius 1 is 1.19 bits per heavy atom. The van der Waals surface area contributed by atoms with Crippen LogP contribution < -0.4 is 10.9 Å². The van der Waals surface area contributed by atoms with E-state index in [0.717, 1.165) is 6.42 Å². The predicted octanol–water partition coefficient (Wildman–Crippen LogP) is 2.45. The molecule has 3 aromatic heterocycles. The van der Waals surface area contributed by atoms with Crippen LogP contribution in [0.3, 0.4) is 0 Å². The fraction of sp³-hybridized carbons (Fsp3) is 0.111. The van der Waals surface area contributed by atoms with E-state index in [-0.39, 0.29) is 11.1 Å². The van der Waals surface area contributed by atoms with Gasteiger partial charge in [0.1, 0.15) is 5.56 Å². The summed E-state index contributed by atoms with van der Waals surface area (Å²) < 4.78 is 3.12. The van der Waals surface area contributed by atoms with Gasteiger partial charge >= 0.3 is 0 Å². The van der Waals surface area contributed by atoms with Gasteiger partial charge < -0.3 is 5.32 Å². The van der Waals surface area contributed by atoms with Crippen LogP contribution in [0.4, 0.5) is 5.69 Å². The number of nitrogens with zero attached hydrogens (tertiary/aromatic N) is 4. The minimum absolute atomic E-state index is 0.00191. The molecule has 0 aliphatic rings. The van der Waals surface area contributed by atoms with Crippen LogP contribution in [-0.2, 0) is 13.0 Å². The number of rotatable bonds is 5. The van der Waals surface area contributed by atoms with Crippen LogP contribution in [-0.4, -0.2) is 25.1 Å². The maximum atomic E-state index is 12.4. The molecule has 0 saturated carbocycles. The zero-order chi connectivity index (χ0) is 17.9. The van der Waals surface area contributed by atoms with E-state index in [1.54, 1.807) is 28.7 Å². The fourth-order valence-corrected chi connectivity index (χ4v) is 3.29. The van der Waals surface area contributed by atoms with Gasteiger partial charge in [0.2, 0.25) is 0 Å². The number of hydrogen-bond acceptors (Lipinski definition) is 5. The molecule has 8 heteroatoms. The van der Waals surface area contributed by atoms with Crippen LogP contribution in [0.5, 0.6) is 0 Å². The number of aromatic nitrogens is 4. The van der Waals surface area contributed by atoms with Gasteiger partial charge in [0.05, 0.1) is 11.9 Å². The van der Waals surface area contributed by atoms with Crippen LogP contribution in [0.25, 0.3) is 4.96 Å². The number of carbonyl (C=O) groups excluding carboxylic acids is 1.